The first-order chi connectivity index (χ1) is 8.38. The van der Waals surface area contributed by atoms with Crippen LogP contribution in [0.2, 0.25) is 0 Å². The quantitative estimate of drug-likeness (QED) is 0.824. The molecule has 0 fully saturated rings. The molecule has 0 aliphatic rings. The van der Waals surface area contributed by atoms with Gasteiger partial charge in [0.2, 0.25) is 0 Å². The Kier molecular flexibility index (Phi) is 3.97. The van der Waals surface area contributed by atoms with Crippen molar-refractivity contribution in [2.75, 3.05) is 24.2 Å². The van der Waals surface area contributed by atoms with Crippen LogP contribution >= 0.6 is 0 Å². The Bertz CT molecular complexity index is 454. The number of nitrogens with one attached hydrogen (secondary N) is 2. The molecule has 0 radical (unpaired) electrons. The van der Waals surface area contributed by atoms with E-state index >= 15 is 0 Å². The lowest BCUT2D eigenvalue weighted by Gasteiger charge is -2.07. The van der Waals surface area contributed by atoms with Gasteiger partial charge in [-0.1, -0.05) is 36.4 Å². The van der Waals surface area contributed by atoms with Crippen molar-refractivity contribution < 1.29 is 0 Å². The first-order valence-electron chi connectivity index (χ1n) is 5.81. The average molecular weight is 227 g/mol. The van der Waals surface area contributed by atoms with E-state index in [9.17, 15) is 0 Å². The van der Waals surface area contributed by atoms with Crippen molar-refractivity contribution in [1.29, 1.82) is 0 Å². The molecule has 1 aromatic heterocycles. The van der Waals surface area contributed by atoms with E-state index in [1.54, 1.807) is 0 Å². The van der Waals surface area contributed by atoms with Crippen LogP contribution in [0, 0.1) is 0 Å². The summed E-state index contributed by atoms with van der Waals surface area (Å²) in [6.07, 6.45) is 1.01. The summed E-state index contributed by atoms with van der Waals surface area (Å²) >= 11 is 0. The lowest BCUT2D eigenvalue weighted by molar-refractivity contribution is 1.01. The fraction of sp³-hybridized carbons (Fsp3) is 0.214. The molecule has 17 heavy (non-hydrogen) atoms. The van der Waals surface area contributed by atoms with E-state index in [1.807, 2.05) is 31.3 Å². The van der Waals surface area contributed by atoms with Crippen molar-refractivity contribution in [3.8, 4) is 0 Å². The van der Waals surface area contributed by atoms with Crippen LogP contribution in [0.25, 0.3) is 0 Å². The highest BCUT2D eigenvalue weighted by molar-refractivity contribution is 5.44. The molecular weight excluding hydrogens is 210 g/mol. The lowest BCUT2D eigenvalue weighted by Crippen LogP contribution is -2.06. The summed E-state index contributed by atoms with van der Waals surface area (Å²) in [6.45, 7) is 0.893. The average Bonchev–Trinajstić information content (AvgIpc) is 2.40. The smallest absolute Gasteiger partial charge is 0.128 e. The minimum absolute atomic E-state index is 0.884. The van der Waals surface area contributed by atoms with Crippen LogP contribution in [0.1, 0.15) is 5.56 Å². The Hall–Kier alpha value is -2.03. The molecule has 3 nitrogen and oxygen atoms in total. The van der Waals surface area contributed by atoms with Gasteiger partial charge in [0, 0.05) is 13.6 Å². The SMILES string of the molecule is CNc1cccc(NCCc2ccccc2)n1. The van der Waals surface area contributed by atoms with E-state index < -0.39 is 0 Å². The second-order valence-corrected chi connectivity index (χ2v) is 3.82. The number of anilines is 2. The van der Waals surface area contributed by atoms with Crippen LogP contribution < -0.4 is 10.6 Å². The van der Waals surface area contributed by atoms with Crippen molar-refractivity contribution in [3.05, 3.63) is 54.1 Å². The maximum atomic E-state index is 4.40. The summed E-state index contributed by atoms with van der Waals surface area (Å²) in [5.41, 5.74) is 1.34. The van der Waals surface area contributed by atoms with Crippen molar-refractivity contribution in [2.24, 2.45) is 0 Å². The Morgan fingerprint density at radius 1 is 0.941 bits per heavy atom. The third-order valence-electron chi connectivity index (χ3n) is 2.57. The third kappa shape index (κ3) is 3.48. The molecule has 2 N–H and O–H groups in total. The maximum Gasteiger partial charge on any atom is 0.128 e. The van der Waals surface area contributed by atoms with Gasteiger partial charge in [-0.25, -0.2) is 4.98 Å². The van der Waals surface area contributed by atoms with Crippen LogP contribution in [0.15, 0.2) is 48.5 Å². The van der Waals surface area contributed by atoms with Gasteiger partial charge >= 0.3 is 0 Å². The minimum atomic E-state index is 0.884. The molecule has 88 valence electrons. The second-order valence-electron chi connectivity index (χ2n) is 3.82. The summed E-state index contributed by atoms with van der Waals surface area (Å²) in [7, 11) is 1.87. The molecule has 0 unspecified atom stereocenters. The number of aromatic nitrogens is 1. The largest absolute Gasteiger partial charge is 0.373 e. The zero-order valence-corrected chi connectivity index (χ0v) is 9.98. The molecule has 0 amide bonds. The highest BCUT2D eigenvalue weighted by Gasteiger charge is 1.95. The molecule has 3 heteroatoms. The van der Waals surface area contributed by atoms with Crippen LogP contribution in [0.4, 0.5) is 11.6 Å². The van der Waals surface area contributed by atoms with Gasteiger partial charge in [0.15, 0.2) is 0 Å². The van der Waals surface area contributed by atoms with Crippen molar-refractivity contribution >= 4 is 11.6 Å². The highest BCUT2D eigenvalue weighted by Crippen LogP contribution is 2.08. The van der Waals surface area contributed by atoms with Crippen LogP contribution in [-0.2, 0) is 6.42 Å². The Labute approximate surface area is 102 Å². The van der Waals surface area contributed by atoms with Gasteiger partial charge in [-0.3, -0.25) is 0 Å². The van der Waals surface area contributed by atoms with Gasteiger partial charge in [0.25, 0.3) is 0 Å². The fourth-order valence-corrected chi connectivity index (χ4v) is 1.65. The first-order valence-corrected chi connectivity index (χ1v) is 5.81. The molecule has 0 saturated carbocycles. The second kappa shape index (κ2) is 5.89. The summed E-state index contributed by atoms with van der Waals surface area (Å²) in [5, 5.41) is 6.34. The monoisotopic (exact) mass is 227 g/mol. The summed E-state index contributed by atoms with van der Waals surface area (Å²) in [6, 6.07) is 16.4. The Morgan fingerprint density at radius 2 is 1.71 bits per heavy atom. The number of hydrogen-bond donors (Lipinski definition) is 2. The van der Waals surface area contributed by atoms with E-state index in [0.717, 1.165) is 24.6 Å². The molecule has 2 rings (SSSR count). The molecule has 0 atom stereocenters. The Morgan fingerprint density at radius 3 is 2.47 bits per heavy atom. The molecule has 1 heterocycles. The maximum absolute atomic E-state index is 4.40. The lowest BCUT2D eigenvalue weighted by atomic mass is 10.1. The zero-order valence-electron chi connectivity index (χ0n) is 9.98. The summed E-state index contributed by atoms with van der Waals surface area (Å²) in [5.74, 6) is 1.79. The molecule has 0 saturated heterocycles. The number of pyridine rings is 1. The number of benzene rings is 1. The van der Waals surface area contributed by atoms with E-state index in [1.165, 1.54) is 5.56 Å². The molecule has 1 aromatic carbocycles. The highest BCUT2D eigenvalue weighted by atomic mass is 15.0. The summed E-state index contributed by atoms with van der Waals surface area (Å²) in [4.78, 5) is 4.40. The van der Waals surface area contributed by atoms with Crippen molar-refractivity contribution in [3.63, 3.8) is 0 Å². The zero-order chi connectivity index (χ0) is 11.9. The van der Waals surface area contributed by atoms with Crippen molar-refractivity contribution in [2.45, 2.75) is 6.42 Å². The Balaban J connectivity index is 1.86. The summed E-state index contributed by atoms with van der Waals surface area (Å²) < 4.78 is 0. The van der Waals surface area contributed by atoms with Crippen LogP contribution in [0.5, 0.6) is 0 Å². The van der Waals surface area contributed by atoms with Crippen LogP contribution in [-0.4, -0.2) is 18.6 Å². The molecule has 2 aromatic rings. The molecular formula is C14H17N3. The third-order valence-corrected chi connectivity index (χ3v) is 2.57. The van der Waals surface area contributed by atoms with Crippen molar-refractivity contribution in [1.82, 2.24) is 4.98 Å². The predicted molar refractivity (Wildman–Crippen MR) is 72.4 cm³/mol. The first kappa shape index (κ1) is 11.5. The van der Waals surface area contributed by atoms with Gasteiger partial charge in [0.05, 0.1) is 0 Å². The van der Waals surface area contributed by atoms with E-state index in [2.05, 4.69) is 39.9 Å². The van der Waals surface area contributed by atoms with Gasteiger partial charge in [0.1, 0.15) is 11.6 Å². The van der Waals surface area contributed by atoms with Crippen LogP contribution in [0.3, 0.4) is 0 Å². The predicted octanol–water partition coefficient (Wildman–Crippen LogP) is 2.78. The molecule has 0 aliphatic carbocycles. The van der Waals surface area contributed by atoms with E-state index in [-0.39, 0.29) is 0 Å². The number of rotatable bonds is 5. The van der Waals surface area contributed by atoms with Gasteiger partial charge in [-0.15, -0.1) is 0 Å². The standard InChI is InChI=1S/C14H17N3/c1-15-13-8-5-9-14(17-13)16-11-10-12-6-3-2-4-7-12/h2-9H,10-11H2,1H3,(H2,15,16,17). The van der Waals surface area contributed by atoms with E-state index in [4.69, 9.17) is 0 Å². The normalized spacial score (nSPS) is 9.94. The number of nitrogens with zero attached hydrogens (tertiary/aromatic N) is 1. The van der Waals surface area contributed by atoms with Gasteiger partial charge in [-0.2, -0.15) is 0 Å². The van der Waals surface area contributed by atoms with E-state index in [0.29, 0.717) is 0 Å². The fourth-order valence-electron chi connectivity index (χ4n) is 1.65. The number of hydrogen-bond acceptors (Lipinski definition) is 3. The molecule has 0 aliphatic heterocycles. The topological polar surface area (TPSA) is 37.0 Å². The van der Waals surface area contributed by atoms with Gasteiger partial charge < -0.3 is 10.6 Å². The molecule has 0 spiro atoms. The molecule has 0 bridgehead atoms. The minimum Gasteiger partial charge on any atom is -0.373 e. The van der Waals surface area contributed by atoms with Gasteiger partial charge in [-0.05, 0) is 24.1 Å².